The molecule has 2 N–H and O–H groups in total. The summed E-state index contributed by atoms with van der Waals surface area (Å²) in [6.07, 6.45) is 0. The molecule has 2 aromatic carbocycles. The summed E-state index contributed by atoms with van der Waals surface area (Å²) >= 11 is 1.18. The van der Waals surface area contributed by atoms with Crippen molar-refractivity contribution in [1.29, 1.82) is 0 Å². The number of rotatable bonds is 7. The van der Waals surface area contributed by atoms with Gasteiger partial charge in [-0.05, 0) is 24.3 Å². The fourth-order valence-corrected chi connectivity index (χ4v) is 3.34. The van der Waals surface area contributed by atoms with E-state index in [1.807, 2.05) is 0 Å². The molecule has 1 aromatic heterocycles. The summed E-state index contributed by atoms with van der Waals surface area (Å²) in [4.78, 5) is 28.1. The van der Waals surface area contributed by atoms with Gasteiger partial charge in [0.2, 0.25) is 5.91 Å². The predicted molar refractivity (Wildman–Crippen MR) is 109 cm³/mol. The normalized spacial score (nSPS) is 10.6. The van der Waals surface area contributed by atoms with Crippen LogP contribution < -0.4 is 20.1 Å². The molecule has 156 valence electrons. The second-order valence-electron chi connectivity index (χ2n) is 5.97. The number of amides is 2. The number of nitrogens with zero attached hydrogens (tertiary/aromatic N) is 1. The highest BCUT2D eigenvalue weighted by Gasteiger charge is 2.21. The van der Waals surface area contributed by atoms with E-state index in [0.29, 0.717) is 11.4 Å². The van der Waals surface area contributed by atoms with E-state index in [1.54, 1.807) is 29.6 Å². The van der Waals surface area contributed by atoms with Crippen LogP contribution in [0.3, 0.4) is 0 Å². The molecule has 7 nitrogen and oxygen atoms in total. The van der Waals surface area contributed by atoms with Gasteiger partial charge in [0.25, 0.3) is 5.91 Å². The van der Waals surface area contributed by atoms with Crippen LogP contribution in [0.1, 0.15) is 17.3 Å². The van der Waals surface area contributed by atoms with Gasteiger partial charge in [-0.15, -0.1) is 11.3 Å². The Kier molecular flexibility index (Phi) is 6.58. The van der Waals surface area contributed by atoms with E-state index < -0.39 is 12.5 Å². The second-order valence-corrected chi connectivity index (χ2v) is 6.82. The standard InChI is InChI=1S/C20H17F2N3O4S/c1-11(26)23-13-8-6-12(7-9-13)15-10-30-20(24-15)25-18(27)14-4-3-5-16(28-2)17(14)29-19(21)22/h3-10,19H,1-2H3,(H,23,26)(H,24,25,27). The lowest BCUT2D eigenvalue weighted by atomic mass is 10.1. The Balaban J connectivity index is 1.78. The monoisotopic (exact) mass is 433 g/mol. The fraction of sp³-hybridized carbons (Fsp3) is 0.150. The maximum Gasteiger partial charge on any atom is 0.387 e. The quantitative estimate of drug-likeness (QED) is 0.567. The SMILES string of the molecule is COc1cccc(C(=O)Nc2nc(-c3ccc(NC(C)=O)cc3)cs2)c1OC(F)F. The first-order valence-corrected chi connectivity index (χ1v) is 9.52. The number of nitrogens with one attached hydrogen (secondary N) is 2. The second kappa shape index (κ2) is 9.31. The first-order chi connectivity index (χ1) is 14.4. The summed E-state index contributed by atoms with van der Waals surface area (Å²) in [5, 5.41) is 7.28. The number of thiazole rings is 1. The number of benzene rings is 2. The van der Waals surface area contributed by atoms with Gasteiger partial charge in [0.1, 0.15) is 0 Å². The molecule has 2 amide bonds. The number of ether oxygens (including phenoxy) is 2. The van der Waals surface area contributed by atoms with E-state index >= 15 is 0 Å². The number of carbonyl (C=O) groups is 2. The molecule has 0 spiro atoms. The van der Waals surface area contributed by atoms with Gasteiger partial charge in [0.05, 0.1) is 18.4 Å². The minimum absolute atomic E-state index is 0.0158. The summed E-state index contributed by atoms with van der Waals surface area (Å²) in [5.41, 5.74) is 1.94. The zero-order chi connectivity index (χ0) is 21.7. The molecule has 0 saturated heterocycles. The maximum atomic E-state index is 12.8. The highest BCUT2D eigenvalue weighted by Crippen LogP contribution is 2.33. The summed E-state index contributed by atoms with van der Waals surface area (Å²) in [6, 6.07) is 11.3. The smallest absolute Gasteiger partial charge is 0.387 e. The van der Waals surface area contributed by atoms with Gasteiger partial charge in [-0.3, -0.25) is 14.9 Å². The maximum absolute atomic E-state index is 12.8. The average molecular weight is 433 g/mol. The molecule has 3 aromatic rings. The first kappa shape index (κ1) is 21.2. The number of alkyl halides is 2. The van der Waals surface area contributed by atoms with Crippen molar-refractivity contribution in [2.24, 2.45) is 0 Å². The molecule has 0 saturated carbocycles. The molecule has 3 rings (SSSR count). The summed E-state index contributed by atoms with van der Waals surface area (Å²) in [5.74, 6) is -1.17. The number of anilines is 2. The summed E-state index contributed by atoms with van der Waals surface area (Å²) in [6.45, 7) is -1.69. The first-order valence-electron chi connectivity index (χ1n) is 8.64. The van der Waals surface area contributed by atoms with Crippen molar-refractivity contribution in [2.75, 3.05) is 17.7 Å². The minimum Gasteiger partial charge on any atom is -0.493 e. The van der Waals surface area contributed by atoms with Crippen LogP contribution in [-0.2, 0) is 4.79 Å². The molecule has 0 aliphatic carbocycles. The largest absolute Gasteiger partial charge is 0.493 e. The van der Waals surface area contributed by atoms with Crippen molar-refractivity contribution in [3.8, 4) is 22.8 Å². The molecule has 1 heterocycles. The van der Waals surface area contributed by atoms with Crippen molar-refractivity contribution in [3.63, 3.8) is 0 Å². The third kappa shape index (κ3) is 5.09. The van der Waals surface area contributed by atoms with Crippen LogP contribution in [0.2, 0.25) is 0 Å². The highest BCUT2D eigenvalue weighted by atomic mass is 32.1. The lowest BCUT2D eigenvalue weighted by Crippen LogP contribution is -2.15. The van der Waals surface area contributed by atoms with Crippen LogP contribution in [0.5, 0.6) is 11.5 Å². The van der Waals surface area contributed by atoms with Gasteiger partial charge in [0, 0.05) is 23.6 Å². The Morgan fingerprint density at radius 2 is 1.83 bits per heavy atom. The summed E-state index contributed by atoms with van der Waals surface area (Å²) < 4.78 is 35.0. The molecule has 30 heavy (non-hydrogen) atoms. The van der Waals surface area contributed by atoms with Crippen LogP contribution >= 0.6 is 11.3 Å². The Labute approximate surface area is 174 Å². The van der Waals surface area contributed by atoms with Gasteiger partial charge in [0.15, 0.2) is 16.6 Å². The third-order valence-corrected chi connectivity index (χ3v) is 4.63. The highest BCUT2D eigenvalue weighted by molar-refractivity contribution is 7.14. The Hall–Kier alpha value is -3.53. The van der Waals surface area contributed by atoms with Crippen molar-refractivity contribution in [2.45, 2.75) is 13.5 Å². The molecular weight excluding hydrogens is 416 g/mol. The average Bonchev–Trinajstić information content (AvgIpc) is 3.16. The van der Waals surface area contributed by atoms with Crippen LogP contribution in [0.25, 0.3) is 11.3 Å². The lowest BCUT2D eigenvalue weighted by Gasteiger charge is -2.13. The van der Waals surface area contributed by atoms with Crippen molar-refractivity contribution in [1.82, 2.24) is 4.98 Å². The molecule has 0 unspecified atom stereocenters. The van der Waals surface area contributed by atoms with E-state index in [2.05, 4.69) is 20.4 Å². The molecule has 0 atom stereocenters. The van der Waals surface area contributed by atoms with Gasteiger partial charge >= 0.3 is 6.61 Å². The summed E-state index contributed by atoms with van der Waals surface area (Å²) in [7, 11) is 1.29. The van der Waals surface area contributed by atoms with Crippen molar-refractivity contribution < 1.29 is 27.8 Å². The van der Waals surface area contributed by atoms with Gasteiger partial charge < -0.3 is 14.8 Å². The van der Waals surface area contributed by atoms with Crippen molar-refractivity contribution >= 4 is 34.0 Å². The van der Waals surface area contributed by atoms with Gasteiger partial charge in [-0.2, -0.15) is 8.78 Å². The number of para-hydroxylation sites is 1. The lowest BCUT2D eigenvalue weighted by molar-refractivity contribution is -0.114. The predicted octanol–water partition coefficient (Wildman–Crippen LogP) is 4.63. The topological polar surface area (TPSA) is 89.5 Å². The number of methoxy groups -OCH3 is 1. The van der Waals surface area contributed by atoms with E-state index in [4.69, 9.17) is 4.74 Å². The Bertz CT molecular complexity index is 1050. The van der Waals surface area contributed by atoms with E-state index in [9.17, 15) is 18.4 Å². The molecule has 0 aliphatic rings. The zero-order valence-electron chi connectivity index (χ0n) is 15.9. The number of halogens is 2. The molecule has 10 heteroatoms. The molecular formula is C20H17F2N3O4S. The van der Waals surface area contributed by atoms with Crippen LogP contribution in [0.15, 0.2) is 47.8 Å². The molecule has 0 aliphatic heterocycles. The number of hydrogen-bond donors (Lipinski definition) is 2. The molecule has 0 radical (unpaired) electrons. The molecule has 0 fully saturated rings. The number of aromatic nitrogens is 1. The minimum atomic E-state index is -3.11. The van der Waals surface area contributed by atoms with Gasteiger partial charge in [-0.25, -0.2) is 4.98 Å². The van der Waals surface area contributed by atoms with Crippen molar-refractivity contribution in [3.05, 3.63) is 53.4 Å². The van der Waals surface area contributed by atoms with E-state index in [-0.39, 0.29) is 28.1 Å². The van der Waals surface area contributed by atoms with Crippen LogP contribution in [-0.4, -0.2) is 30.5 Å². The van der Waals surface area contributed by atoms with E-state index in [0.717, 1.165) is 5.56 Å². The Morgan fingerprint density at radius 1 is 1.10 bits per heavy atom. The van der Waals surface area contributed by atoms with Crippen LogP contribution in [0, 0.1) is 0 Å². The van der Waals surface area contributed by atoms with E-state index in [1.165, 1.54) is 43.6 Å². The fourth-order valence-electron chi connectivity index (χ4n) is 2.62. The van der Waals surface area contributed by atoms with Crippen LogP contribution in [0.4, 0.5) is 19.6 Å². The number of hydrogen-bond acceptors (Lipinski definition) is 6. The molecule has 0 bridgehead atoms. The Morgan fingerprint density at radius 3 is 2.47 bits per heavy atom. The van der Waals surface area contributed by atoms with Gasteiger partial charge in [-0.1, -0.05) is 18.2 Å². The number of carbonyl (C=O) groups excluding carboxylic acids is 2. The third-order valence-electron chi connectivity index (χ3n) is 3.88. The zero-order valence-corrected chi connectivity index (χ0v) is 16.8.